The minimum atomic E-state index is -0.154. The van der Waals surface area contributed by atoms with Gasteiger partial charge in [0.05, 0.1) is 11.8 Å². The highest BCUT2D eigenvalue weighted by molar-refractivity contribution is 5.81. The number of piperidine rings is 1. The fourth-order valence-electron chi connectivity index (χ4n) is 5.22. The second-order valence-electron chi connectivity index (χ2n) is 9.03. The van der Waals surface area contributed by atoms with Crippen molar-refractivity contribution in [1.29, 1.82) is 0 Å². The Labute approximate surface area is 193 Å². The molecular formula is C26H28N6O. The van der Waals surface area contributed by atoms with Crippen molar-refractivity contribution in [2.45, 2.75) is 31.4 Å². The maximum Gasteiger partial charge on any atom is 0.155 e. The summed E-state index contributed by atoms with van der Waals surface area (Å²) >= 11 is 0. The van der Waals surface area contributed by atoms with Gasteiger partial charge in [-0.05, 0) is 43.5 Å². The van der Waals surface area contributed by atoms with Crippen molar-refractivity contribution in [3.63, 3.8) is 0 Å². The molecule has 2 aliphatic rings. The number of β-amino-alcohol motifs (C(OH)–C–C–N with tert-alkyl or cyclic N) is 1. The molecule has 4 aromatic rings. The van der Waals surface area contributed by atoms with Crippen LogP contribution in [-0.4, -0.2) is 67.9 Å². The molecule has 0 aliphatic carbocycles. The second kappa shape index (κ2) is 8.57. The van der Waals surface area contributed by atoms with Crippen molar-refractivity contribution in [3.8, 4) is 22.5 Å². The van der Waals surface area contributed by atoms with E-state index in [-0.39, 0.29) is 6.10 Å². The summed E-state index contributed by atoms with van der Waals surface area (Å²) in [6.45, 7) is 3.78. The number of aliphatic hydroxyl groups is 1. The van der Waals surface area contributed by atoms with Crippen LogP contribution in [0.4, 0.5) is 5.82 Å². The molecule has 7 heteroatoms. The van der Waals surface area contributed by atoms with Crippen LogP contribution in [0.5, 0.6) is 0 Å². The van der Waals surface area contributed by atoms with Crippen LogP contribution < -0.4 is 4.90 Å². The molecule has 1 N–H and O–H groups in total. The zero-order valence-corrected chi connectivity index (χ0v) is 18.6. The lowest BCUT2D eigenvalue weighted by molar-refractivity contribution is 0.148. The van der Waals surface area contributed by atoms with E-state index in [0.717, 1.165) is 79.4 Å². The van der Waals surface area contributed by atoms with Gasteiger partial charge >= 0.3 is 0 Å². The molecule has 0 spiro atoms. The van der Waals surface area contributed by atoms with Gasteiger partial charge in [-0.3, -0.25) is 9.88 Å². The highest BCUT2D eigenvalue weighted by Crippen LogP contribution is 2.33. The second-order valence-corrected chi connectivity index (χ2v) is 9.03. The average molecular weight is 441 g/mol. The number of benzene rings is 1. The van der Waals surface area contributed by atoms with Gasteiger partial charge in [-0.1, -0.05) is 30.3 Å². The van der Waals surface area contributed by atoms with Gasteiger partial charge in [0, 0.05) is 55.7 Å². The number of fused-ring (bicyclic) bond motifs is 1. The molecule has 1 atom stereocenters. The molecule has 0 radical (unpaired) electrons. The predicted octanol–water partition coefficient (Wildman–Crippen LogP) is 3.49. The summed E-state index contributed by atoms with van der Waals surface area (Å²) in [7, 11) is 0. The number of nitrogens with zero attached hydrogens (tertiary/aromatic N) is 6. The van der Waals surface area contributed by atoms with Crippen LogP contribution in [0.3, 0.4) is 0 Å². The Balaban J connectivity index is 1.34. The summed E-state index contributed by atoms with van der Waals surface area (Å²) < 4.78 is 1.98. The smallest absolute Gasteiger partial charge is 0.155 e. The minimum absolute atomic E-state index is 0.154. The highest BCUT2D eigenvalue weighted by Gasteiger charge is 2.30. The van der Waals surface area contributed by atoms with E-state index in [4.69, 9.17) is 10.1 Å². The van der Waals surface area contributed by atoms with Crippen LogP contribution >= 0.6 is 0 Å². The van der Waals surface area contributed by atoms with E-state index >= 15 is 0 Å². The van der Waals surface area contributed by atoms with Crippen molar-refractivity contribution < 1.29 is 5.11 Å². The van der Waals surface area contributed by atoms with Gasteiger partial charge in [0.15, 0.2) is 5.65 Å². The first-order valence-electron chi connectivity index (χ1n) is 11.8. The largest absolute Gasteiger partial charge is 0.392 e. The molecule has 0 bridgehead atoms. The van der Waals surface area contributed by atoms with E-state index in [1.54, 1.807) is 0 Å². The number of aromatic nitrogens is 4. The Morgan fingerprint density at radius 1 is 0.818 bits per heavy atom. The molecule has 0 saturated carbocycles. The standard InChI is InChI=1S/C26H28N6O/c33-22-12-17-31(18-22)21-10-15-30(16-11-21)24-7-6-23-28-25(19-4-2-1-3-5-19)26(32(23)29-24)20-8-13-27-14-9-20/h1-9,13-14,21-22,33H,10-12,15-18H2. The van der Waals surface area contributed by atoms with Gasteiger partial charge in [-0.25, -0.2) is 9.50 Å². The molecular weight excluding hydrogens is 412 g/mol. The Hall–Kier alpha value is -3.29. The number of rotatable bonds is 4. The van der Waals surface area contributed by atoms with Gasteiger partial charge < -0.3 is 10.0 Å². The third-order valence-electron chi connectivity index (χ3n) is 6.96. The fourth-order valence-corrected chi connectivity index (χ4v) is 5.22. The van der Waals surface area contributed by atoms with Crippen molar-refractivity contribution in [1.82, 2.24) is 24.5 Å². The van der Waals surface area contributed by atoms with Crippen LogP contribution in [0.25, 0.3) is 28.2 Å². The monoisotopic (exact) mass is 440 g/mol. The SMILES string of the molecule is OC1CCN(C2CCN(c3ccc4nc(-c5ccccc5)c(-c5ccncc5)n4n3)CC2)C1. The van der Waals surface area contributed by atoms with Gasteiger partial charge in [-0.15, -0.1) is 5.10 Å². The quantitative estimate of drug-likeness (QED) is 0.524. The van der Waals surface area contributed by atoms with E-state index in [9.17, 15) is 5.11 Å². The summed E-state index contributed by atoms with van der Waals surface area (Å²) in [6.07, 6.45) is 6.58. The van der Waals surface area contributed by atoms with E-state index < -0.39 is 0 Å². The fraction of sp³-hybridized carbons (Fsp3) is 0.346. The molecule has 2 saturated heterocycles. The van der Waals surface area contributed by atoms with Crippen LogP contribution in [0.1, 0.15) is 19.3 Å². The molecule has 0 amide bonds. The van der Waals surface area contributed by atoms with E-state index in [2.05, 4.69) is 39.0 Å². The Bertz CT molecular complexity index is 1230. The number of aliphatic hydroxyl groups excluding tert-OH is 1. The van der Waals surface area contributed by atoms with Crippen LogP contribution in [0.15, 0.2) is 67.0 Å². The molecule has 3 aromatic heterocycles. The molecule has 33 heavy (non-hydrogen) atoms. The first-order valence-corrected chi connectivity index (χ1v) is 11.8. The summed E-state index contributed by atoms with van der Waals surface area (Å²) in [5.74, 6) is 0.981. The number of likely N-dealkylation sites (tertiary alicyclic amines) is 1. The summed E-state index contributed by atoms with van der Waals surface area (Å²) in [5, 5.41) is 15.0. The molecule has 1 aromatic carbocycles. The van der Waals surface area contributed by atoms with Crippen molar-refractivity contribution >= 4 is 11.5 Å². The summed E-state index contributed by atoms with van der Waals surface area (Å²) in [5.41, 5.74) is 4.88. The van der Waals surface area contributed by atoms with E-state index in [1.807, 2.05) is 47.2 Å². The van der Waals surface area contributed by atoms with Gasteiger partial charge in [-0.2, -0.15) is 0 Å². The maximum absolute atomic E-state index is 9.89. The zero-order valence-electron chi connectivity index (χ0n) is 18.6. The number of pyridine rings is 1. The number of hydrogen-bond acceptors (Lipinski definition) is 6. The molecule has 5 heterocycles. The minimum Gasteiger partial charge on any atom is -0.392 e. The molecule has 2 aliphatic heterocycles. The van der Waals surface area contributed by atoms with E-state index in [1.165, 1.54) is 0 Å². The number of anilines is 1. The zero-order chi connectivity index (χ0) is 22.2. The topological polar surface area (TPSA) is 69.8 Å². The van der Waals surface area contributed by atoms with E-state index in [0.29, 0.717) is 6.04 Å². The van der Waals surface area contributed by atoms with Crippen molar-refractivity contribution in [2.75, 3.05) is 31.1 Å². The number of imidazole rings is 1. The Morgan fingerprint density at radius 2 is 1.61 bits per heavy atom. The lowest BCUT2D eigenvalue weighted by Crippen LogP contribution is -2.44. The first kappa shape index (κ1) is 20.3. The molecule has 168 valence electrons. The summed E-state index contributed by atoms with van der Waals surface area (Å²) in [4.78, 5) is 14.0. The summed E-state index contributed by atoms with van der Waals surface area (Å²) in [6, 6.07) is 19.0. The normalized spacial score (nSPS) is 20.0. The average Bonchev–Trinajstić information content (AvgIpc) is 3.48. The van der Waals surface area contributed by atoms with Gasteiger partial charge in [0.2, 0.25) is 0 Å². The van der Waals surface area contributed by atoms with Gasteiger partial charge in [0.25, 0.3) is 0 Å². The Morgan fingerprint density at radius 3 is 2.33 bits per heavy atom. The molecule has 1 unspecified atom stereocenters. The molecule has 6 rings (SSSR count). The molecule has 2 fully saturated rings. The predicted molar refractivity (Wildman–Crippen MR) is 129 cm³/mol. The lowest BCUT2D eigenvalue weighted by atomic mass is 10.0. The number of hydrogen-bond donors (Lipinski definition) is 1. The van der Waals surface area contributed by atoms with Crippen LogP contribution in [0.2, 0.25) is 0 Å². The van der Waals surface area contributed by atoms with Gasteiger partial charge in [0.1, 0.15) is 11.5 Å². The third-order valence-corrected chi connectivity index (χ3v) is 6.96. The van der Waals surface area contributed by atoms with Crippen molar-refractivity contribution in [3.05, 3.63) is 67.0 Å². The maximum atomic E-state index is 9.89. The first-order chi connectivity index (χ1) is 16.3. The van der Waals surface area contributed by atoms with Crippen LogP contribution in [0, 0.1) is 0 Å². The lowest BCUT2D eigenvalue weighted by Gasteiger charge is -2.37. The third kappa shape index (κ3) is 3.87. The Kier molecular flexibility index (Phi) is 5.28. The van der Waals surface area contributed by atoms with Crippen molar-refractivity contribution in [2.24, 2.45) is 0 Å². The van der Waals surface area contributed by atoms with Crippen LogP contribution in [-0.2, 0) is 0 Å². The molecule has 7 nitrogen and oxygen atoms in total. The highest BCUT2D eigenvalue weighted by atomic mass is 16.3.